The Labute approximate surface area is 118 Å². The number of hydrogen-bond donors (Lipinski definition) is 0. The summed E-state index contributed by atoms with van der Waals surface area (Å²) in [6.07, 6.45) is 5.17. The zero-order valence-electron chi connectivity index (χ0n) is 13.2. The number of ether oxygens (including phenoxy) is 1. The number of rotatable bonds is 3. The van der Waals surface area contributed by atoms with Gasteiger partial charge in [-0.2, -0.15) is 0 Å². The summed E-state index contributed by atoms with van der Waals surface area (Å²) < 4.78 is 5.55. The van der Waals surface area contributed by atoms with Gasteiger partial charge >= 0.3 is 6.09 Å². The van der Waals surface area contributed by atoms with Crippen molar-refractivity contribution >= 4 is 6.09 Å². The van der Waals surface area contributed by atoms with Crippen LogP contribution in [0.2, 0.25) is 0 Å². The van der Waals surface area contributed by atoms with E-state index in [0.717, 1.165) is 25.7 Å². The molecular weight excluding hydrogens is 238 g/mol. The van der Waals surface area contributed by atoms with Crippen LogP contribution in [0.1, 0.15) is 66.7 Å². The van der Waals surface area contributed by atoms with Crippen LogP contribution in [0.4, 0.5) is 4.79 Å². The standard InChI is InChI=1S/C16H29NO2/c1-12(2)10-11-14-9-7-8-13(3)17(14)15(18)19-16(4,5)6/h13-14H,1,7-11H2,2-6H3. The highest BCUT2D eigenvalue weighted by Crippen LogP contribution is 2.28. The lowest BCUT2D eigenvalue weighted by molar-refractivity contribution is -0.00390. The fourth-order valence-electron chi connectivity index (χ4n) is 2.63. The molecule has 0 aromatic heterocycles. The van der Waals surface area contributed by atoms with E-state index in [1.54, 1.807) is 0 Å². The first-order valence-electron chi connectivity index (χ1n) is 7.36. The van der Waals surface area contributed by atoms with Crippen molar-refractivity contribution in [3.05, 3.63) is 12.2 Å². The van der Waals surface area contributed by atoms with Crippen molar-refractivity contribution in [3.8, 4) is 0 Å². The minimum Gasteiger partial charge on any atom is -0.444 e. The molecule has 1 heterocycles. The number of amides is 1. The SMILES string of the molecule is C=C(C)CCC1CCCC(C)N1C(=O)OC(C)(C)C. The van der Waals surface area contributed by atoms with E-state index in [0.29, 0.717) is 6.04 Å². The summed E-state index contributed by atoms with van der Waals surface area (Å²) in [5.74, 6) is 0. The zero-order chi connectivity index (χ0) is 14.6. The Balaban J connectivity index is 2.71. The molecule has 0 bridgehead atoms. The number of allylic oxidation sites excluding steroid dienone is 1. The second-order valence-electron chi connectivity index (χ2n) is 6.82. The minimum atomic E-state index is -0.423. The van der Waals surface area contributed by atoms with Crippen molar-refractivity contribution in [2.24, 2.45) is 0 Å². The Kier molecular flexibility index (Phi) is 5.45. The minimum absolute atomic E-state index is 0.161. The van der Waals surface area contributed by atoms with Crippen LogP contribution in [0, 0.1) is 0 Å². The first-order chi connectivity index (χ1) is 8.70. The molecule has 0 saturated carbocycles. The van der Waals surface area contributed by atoms with Gasteiger partial charge in [-0.1, -0.05) is 5.57 Å². The van der Waals surface area contributed by atoms with E-state index >= 15 is 0 Å². The maximum absolute atomic E-state index is 12.4. The van der Waals surface area contributed by atoms with Crippen LogP contribution >= 0.6 is 0 Å². The Morgan fingerprint density at radius 2 is 2.00 bits per heavy atom. The lowest BCUT2D eigenvalue weighted by Crippen LogP contribution is -2.50. The molecule has 1 amide bonds. The van der Waals surface area contributed by atoms with Gasteiger partial charge in [0.1, 0.15) is 5.60 Å². The molecule has 2 atom stereocenters. The van der Waals surface area contributed by atoms with Crippen molar-refractivity contribution in [3.63, 3.8) is 0 Å². The fraction of sp³-hybridized carbons (Fsp3) is 0.812. The Morgan fingerprint density at radius 3 is 2.53 bits per heavy atom. The summed E-state index contributed by atoms with van der Waals surface area (Å²) in [5.41, 5.74) is 0.759. The number of nitrogens with zero attached hydrogens (tertiary/aromatic N) is 1. The van der Waals surface area contributed by atoms with Gasteiger partial charge in [0, 0.05) is 12.1 Å². The Bertz CT molecular complexity index is 330. The molecule has 1 fully saturated rings. The van der Waals surface area contributed by atoms with Crippen molar-refractivity contribution in [1.29, 1.82) is 0 Å². The molecule has 110 valence electrons. The third-order valence-corrected chi connectivity index (χ3v) is 3.54. The third kappa shape index (κ3) is 5.25. The molecule has 2 unspecified atom stereocenters. The number of piperidine rings is 1. The van der Waals surface area contributed by atoms with E-state index in [9.17, 15) is 4.79 Å². The highest BCUT2D eigenvalue weighted by atomic mass is 16.6. The normalized spacial score (nSPS) is 24.2. The van der Waals surface area contributed by atoms with Crippen LogP contribution in [-0.2, 0) is 4.74 Å². The predicted molar refractivity (Wildman–Crippen MR) is 79.2 cm³/mol. The molecule has 3 heteroatoms. The second kappa shape index (κ2) is 6.44. The van der Waals surface area contributed by atoms with Gasteiger partial charge in [-0.25, -0.2) is 4.79 Å². The van der Waals surface area contributed by atoms with Crippen LogP contribution in [-0.4, -0.2) is 28.7 Å². The maximum atomic E-state index is 12.4. The molecule has 0 aliphatic carbocycles. The molecule has 0 radical (unpaired) electrons. The largest absolute Gasteiger partial charge is 0.444 e. The van der Waals surface area contributed by atoms with E-state index in [-0.39, 0.29) is 12.1 Å². The van der Waals surface area contributed by atoms with Gasteiger partial charge in [0.25, 0.3) is 0 Å². The van der Waals surface area contributed by atoms with Crippen LogP contribution in [0.25, 0.3) is 0 Å². The summed E-state index contributed by atoms with van der Waals surface area (Å²) >= 11 is 0. The van der Waals surface area contributed by atoms with Gasteiger partial charge in [-0.05, 0) is 66.7 Å². The first-order valence-corrected chi connectivity index (χ1v) is 7.36. The quantitative estimate of drug-likeness (QED) is 0.703. The topological polar surface area (TPSA) is 29.5 Å². The van der Waals surface area contributed by atoms with Gasteiger partial charge < -0.3 is 9.64 Å². The molecule has 3 nitrogen and oxygen atoms in total. The molecule has 0 spiro atoms. The Morgan fingerprint density at radius 1 is 1.37 bits per heavy atom. The van der Waals surface area contributed by atoms with E-state index in [4.69, 9.17) is 4.74 Å². The lowest BCUT2D eigenvalue weighted by atomic mass is 9.93. The van der Waals surface area contributed by atoms with Crippen molar-refractivity contribution in [2.45, 2.75) is 84.4 Å². The van der Waals surface area contributed by atoms with E-state index in [1.807, 2.05) is 32.6 Å². The molecule has 1 aliphatic rings. The van der Waals surface area contributed by atoms with Crippen LogP contribution in [0.3, 0.4) is 0 Å². The number of likely N-dealkylation sites (tertiary alicyclic amines) is 1. The average Bonchev–Trinajstić information content (AvgIpc) is 2.23. The summed E-state index contributed by atoms with van der Waals surface area (Å²) in [5, 5.41) is 0. The highest BCUT2D eigenvalue weighted by molar-refractivity contribution is 5.69. The highest BCUT2D eigenvalue weighted by Gasteiger charge is 2.34. The third-order valence-electron chi connectivity index (χ3n) is 3.54. The summed E-state index contributed by atoms with van der Waals surface area (Å²) in [6, 6.07) is 0.578. The van der Waals surface area contributed by atoms with Gasteiger partial charge in [-0.15, -0.1) is 6.58 Å². The second-order valence-corrected chi connectivity index (χ2v) is 6.82. The van der Waals surface area contributed by atoms with Gasteiger partial charge in [-0.3, -0.25) is 0 Å². The monoisotopic (exact) mass is 267 g/mol. The van der Waals surface area contributed by atoms with Gasteiger partial charge in [0.05, 0.1) is 0 Å². The summed E-state index contributed by atoms with van der Waals surface area (Å²) in [7, 11) is 0. The van der Waals surface area contributed by atoms with Crippen molar-refractivity contribution < 1.29 is 9.53 Å². The van der Waals surface area contributed by atoms with Gasteiger partial charge in [0.2, 0.25) is 0 Å². The van der Waals surface area contributed by atoms with Crippen LogP contribution in [0.5, 0.6) is 0 Å². The number of carbonyl (C=O) groups is 1. The summed E-state index contributed by atoms with van der Waals surface area (Å²) in [4.78, 5) is 14.3. The summed E-state index contributed by atoms with van der Waals surface area (Å²) in [6.45, 7) is 13.9. The molecule has 0 aromatic carbocycles. The molecule has 1 saturated heterocycles. The molecular formula is C16H29NO2. The zero-order valence-corrected chi connectivity index (χ0v) is 13.2. The van der Waals surface area contributed by atoms with E-state index in [2.05, 4.69) is 13.5 Å². The Hall–Kier alpha value is -0.990. The molecule has 19 heavy (non-hydrogen) atoms. The number of carbonyl (C=O) groups excluding carboxylic acids is 1. The van der Waals surface area contributed by atoms with E-state index in [1.165, 1.54) is 12.0 Å². The van der Waals surface area contributed by atoms with Crippen molar-refractivity contribution in [1.82, 2.24) is 4.90 Å². The molecule has 0 N–H and O–H groups in total. The van der Waals surface area contributed by atoms with Crippen LogP contribution < -0.4 is 0 Å². The van der Waals surface area contributed by atoms with Gasteiger partial charge in [0.15, 0.2) is 0 Å². The fourth-order valence-corrected chi connectivity index (χ4v) is 2.63. The van der Waals surface area contributed by atoms with Crippen LogP contribution in [0.15, 0.2) is 12.2 Å². The predicted octanol–water partition coefficient (Wildman–Crippen LogP) is 4.52. The van der Waals surface area contributed by atoms with E-state index < -0.39 is 5.60 Å². The smallest absolute Gasteiger partial charge is 0.410 e. The van der Waals surface area contributed by atoms with Crippen molar-refractivity contribution in [2.75, 3.05) is 0 Å². The number of hydrogen-bond acceptors (Lipinski definition) is 2. The molecule has 1 rings (SSSR count). The first kappa shape index (κ1) is 16.1. The molecule has 1 aliphatic heterocycles. The average molecular weight is 267 g/mol. The lowest BCUT2D eigenvalue weighted by Gasteiger charge is -2.41. The molecule has 0 aromatic rings. The maximum Gasteiger partial charge on any atom is 0.410 e.